The average Bonchev–Trinajstić information content (AvgIpc) is 2.42. The zero-order valence-corrected chi connectivity index (χ0v) is 12.3. The van der Waals surface area contributed by atoms with Gasteiger partial charge in [-0.3, -0.25) is 14.6 Å². The van der Waals surface area contributed by atoms with Gasteiger partial charge in [-0.25, -0.2) is 0 Å². The van der Waals surface area contributed by atoms with E-state index >= 15 is 0 Å². The van der Waals surface area contributed by atoms with Gasteiger partial charge >= 0.3 is 0 Å². The number of carbonyl (C=O) groups is 2. The van der Waals surface area contributed by atoms with Crippen molar-refractivity contribution in [1.29, 1.82) is 0 Å². The molecule has 0 amide bonds. The summed E-state index contributed by atoms with van der Waals surface area (Å²) in [4.78, 5) is 27.4. The highest BCUT2D eigenvalue weighted by Crippen LogP contribution is 2.15. The molecule has 0 aromatic carbocycles. The zero-order chi connectivity index (χ0) is 13.4. The van der Waals surface area contributed by atoms with Gasteiger partial charge in [0, 0.05) is 23.3 Å². The lowest BCUT2D eigenvalue weighted by molar-refractivity contribution is 0.107. The second kappa shape index (κ2) is 8.32. The number of carbonyl (C=O) groups excluding carboxylic acids is 2. The first-order valence-electron chi connectivity index (χ1n) is 5.99. The molecule has 0 saturated carbocycles. The minimum absolute atomic E-state index is 0.0181. The third-order valence-corrected chi connectivity index (χ3v) is 4.28. The Hall–Kier alpha value is -0.810. The summed E-state index contributed by atoms with van der Waals surface area (Å²) in [5, 5.41) is -0.0124. The van der Waals surface area contributed by atoms with E-state index in [4.69, 9.17) is 0 Å². The van der Waals surface area contributed by atoms with Gasteiger partial charge in [0.05, 0.1) is 0 Å². The molecule has 0 radical (unpaired) electrons. The molecule has 1 aromatic rings. The average molecular weight is 283 g/mol. The number of nitrogens with zero attached hydrogens (tertiary/aromatic N) is 1. The van der Waals surface area contributed by atoms with Crippen LogP contribution in [-0.2, 0) is 0 Å². The van der Waals surface area contributed by atoms with E-state index in [0.717, 1.165) is 24.3 Å². The molecular formula is C13H17NO2S2. The van der Waals surface area contributed by atoms with E-state index in [1.54, 1.807) is 12.1 Å². The van der Waals surface area contributed by atoms with Crippen LogP contribution in [-0.4, -0.2) is 26.7 Å². The summed E-state index contributed by atoms with van der Waals surface area (Å²) in [6.45, 7) is 4.06. The van der Waals surface area contributed by atoms with Gasteiger partial charge < -0.3 is 0 Å². The Bertz CT molecular complexity index is 365. The molecule has 1 heterocycles. The monoisotopic (exact) mass is 283 g/mol. The van der Waals surface area contributed by atoms with Gasteiger partial charge in [-0.1, -0.05) is 37.4 Å². The minimum Gasteiger partial charge on any atom is -0.282 e. The zero-order valence-electron chi connectivity index (χ0n) is 10.6. The molecule has 18 heavy (non-hydrogen) atoms. The number of hydrogen-bond acceptors (Lipinski definition) is 5. The largest absolute Gasteiger partial charge is 0.282 e. The van der Waals surface area contributed by atoms with Gasteiger partial charge in [0.1, 0.15) is 5.69 Å². The molecule has 3 nitrogen and oxygen atoms in total. The van der Waals surface area contributed by atoms with Gasteiger partial charge in [0.25, 0.3) is 0 Å². The van der Waals surface area contributed by atoms with Crippen LogP contribution in [0.4, 0.5) is 0 Å². The fourth-order valence-electron chi connectivity index (χ4n) is 1.18. The highest BCUT2D eigenvalue weighted by Gasteiger charge is 2.10. The molecule has 0 unspecified atom stereocenters. The SMILES string of the molecule is CCCSC(=O)c1ccc(C(=O)SCCC)nc1. The second-order valence-corrected chi connectivity index (χ2v) is 5.84. The fourth-order valence-corrected chi connectivity index (χ4v) is 2.52. The van der Waals surface area contributed by atoms with Crippen LogP contribution in [0.2, 0.25) is 0 Å². The van der Waals surface area contributed by atoms with Crippen LogP contribution in [0.5, 0.6) is 0 Å². The molecule has 0 aliphatic rings. The quantitative estimate of drug-likeness (QED) is 0.797. The normalized spacial score (nSPS) is 10.3. The van der Waals surface area contributed by atoms with Crippen molar-refractivity contribution >= 4 is 33.8 Å². The molecule has 0 N–H and O–H groups in total. The summed E-state index contributed by atoms with van der Waals surface area (Å²) in [5.74, 6) is 1.61. The maximum Gasteiger partial charge on any atom is 0.237 e. The summed E-state index contributed by atoms with van der Waals surface area (Å²) >= 11 is 2.55. The first kappa shape index (κ1) is 15.2. The number of rotatable bonds is 6. The van der Waals surface area contributed by atoms with E-state index in [2.05, 4.69) is 4.98 Å². The van der Waals surface area contributed by atoms with E-state index in [9.17, 15) is 9.59 Å². The van der Waals surface area contributed by atoms with E-state index in [0.29, 0.717) is 11.3 Å². The summed E-state index contributed by atoms with van der Waals surface area (Å²) in [7, 11) is 0. The van der Waals surface area contributed by atoms with Gasteiger partial charge in [-0.05, 0) is 25.0 Å². The molecule has 98 valence electrons. The molecule has 0 saturated heterocycles. The second-order valence-electron chi connectivity index (χ2n) is 3.70. The lowest BCUT2D eigenvalue weighted by Gasteiger charge is -2.01. The van der Waals surface area contributed by atoms with Crippen molar-refractivity contribution in [3.63, 3.8) is 0 Å². The van der Waals surface area contributed by atoms with Crippen LogP contribution in [0, 0.1) is 0 Å². The summed E-state index contributed by atoms with van der Waals surface area (Å²) in [5.41, 5.74) is 0.982. The summed E-state index contributed by atoms with van der Waals surface area (Å²) in [6, 6.07) is 3.31. The number of aromatic nitrogens is 1. The Kier molecular flexibility index (Phi) is 7.05. The fraction of sp³-hybridized carbons (Fsp3) is 0.462. The van der Waals surface area contributed by atoms with Crippen molar-refractivity contribution in [3.8, 4) is 0 Å². The van der Waals surface area contributed by atoms with E-state index in [1.165, 1.54) is 29.7 Å². The third-order valence-electron chi connectivity index (χ3n) is 2.08. The van der Waals surface area contributed by atoms with Crippen molar-refractivity contribution in [1.82, 2.24) is 4.98 Å². The number of pyridine rings is 1. The Labute approximate surface area is 116 Å². The molecule has 1 aromatic heterocycles. The molecule has 0 atom stereocenters. The summed E-state index contributed by atoms with van der Waals surface area (Å²) < 4.78 is 0. The van der Waals surface area contributed by atoms with Gasteiger partial charge in [-0.15, -0.1) is 0 Å². The topological polar surface area (TPSA) is 47.0 Å². The van der Waals surface area contributed by atoms with Crippen molar-refractivity contribution < 1.29 is 9.59 Å². The maximum absolute atomic E-state index is 11.7. The molecule has 5 heteroatoms. The first-order chi connectivity index (χ1) is 8.69. The standard InChI is InChI=1S/C13H17NO2S2/c1-3-7-17-12(15)10-5-6-11(14-9-10)13(16)18-8-4-2/h5-6,9H,3-4,7-8H2,1-2H3. The van der Waals surface area contributed by atoms with Gasteiger partial charge in [0.2, 0.25) is 10.2 Å². The maximum atomic E-state index is 11.7. The Morgan fingerprint density at radius 1 is 1.06 bits per heavy atom. The molecule has 1 rings (SSSR count). The Morgan fingerprint density at radius 2 is 1.67 bits per heavy atom. The van der Waals surface area contributed by atoms with Gasteiger partial charge in [0.15, 0.2) is 0 Å². The lowest BCUT2D eigenvalue weighted by atomic mass is 10.3. The van der Waals surface area contributed by atoms with E-state index in [-0.39, 0.29) is 10.2 Å². The first-order valence-corrected chi connectivity index (χ1v) is 7.96. The Balaban J connectivity index is 2.62. The van der Waals surface area contributed by atoms with Gasteiger partial charge in [-0.2, -0.15) is 0 Å². The summed E-state index contributed by atoms with van der Waals surface area (Å²) in [6.07, 6.45) is 3.42. The third kappa shape index (κ3) is 4.82. The van der Waals surface area contributed by atoms with E-state index in [1.807, 2.05) is 13.8 Å². The Morgan fingerprint density at radius 3 is 2.17 bits per heavy atom. The molecule has 0 bridgehead atoms. The van der Waals surface area contributed by atoms with Crippen LogP contribution in [0.25, 0.3) is 0 Å². The molecule has 0 aliphatic carbocycles. The smallest absolute Gasteiger partial charge is 0.237 e. The highest BCUT2D eigenvalue weighted by atomic mass is 32.2. The highest BCUT2D eigenvalue weighted by molar-refractivity contribution is 8.14. The predicted molar refractivity (Wildman–Crippen MR) is 78.4 cm³/mol. The van der Waals surface area contributed by atoms with Crippen LogP contribution in [0.15, 0.2) is 18.3 Å². The molecule has 0 spiro atoms. The van der Waals surface area contributed by atoms with Crippen LogP contribution in [0.3, 0.4) is 0 Å². The molecular weight excluding hydrogens is 266 g/mol. The van der Waals surface area contributed by atoms with Crippen molar-refractivity contribution in [2.24, 2.45) is 0 Å². The van der Waals surface area contributed by atoms with E-state index < -0.39 is 0 Å². The van der Waals surface area contributed by atoms with Crippen LogP contribution < -0.4 is 0 Å². The minimum atomic E-state index is -0.0305. The van der Waals surface area contributed by atoms with Crippen molar-refractivity contribution in [3.05, 3.63) is 29.6 Å². The lowest BCUT2D eigenvalue weighted by Crippen LogP contribution is -2.01. The molecule has 0 fully saturated rings. The molecule has 0 aliphatic heterocycles. The predicted octanol–water partition coefficient (Wildman–Crippen LogP) is 3.65. The number of hydrogen-bond donors (Lipinski definition) is 0. The van der Waals surface area contributed by atoms with Crippen molar-refractivity contribution in [2.75, 3.05) is 11.5 Å². The van der Waals surface area contributed by atoms with Crippen molar-refractivity contribution in [2.45, 2.75) is 26.7 Å². The van der Waals surface area contributed by atoms with Crippen LogP contribution >= 0.6 is 23.5 Å². The number of thioether (sulfide) groups is 2. The van der Waals surface area contributed by atoms with Crippen LogP contribution in [0.1, 0.15) is 47.5 Å².